The van der Waals surface area contributed by atoms with Crippen molar-refractivity contribution in [1.82, 2.24) is 15.5 Å². The van der Waals surface area contributed by atoms with Crippen molar-refractivity contribution in [1.29, 1.82) is 0 Å². The summed E-state index contributed by atoms with van der Waals surface area (Å²) in [7, 11) is 0. The summed E-state index contributed by atoms with van der Waals surface area (Å²) in [6.07, 6.45) is -0.510. The third-order valence-electron chi connectivity index (χ3n) is 5.14. The van der Waals surface area contributed by atoms with Gasteiger partial charge in [-0.25, -0.2) is 4.79 Å². The van der Waals surface area contributed by atoms with Crippen molar-refractivity contribution in [3.8, 4) is 5.75 Å². The molecule has 0 spiro atoms. The van der Waals surface area contributed by atoms with Crippen LogP contribution in [0.4, 0.5) is 4.79 Å². The molecule has 0 radical (unpaired) electrons. The summed E-state index contributed by atoms with van der Waals surface area (Å²) in [6, 6.07) is 13.6. The molecule has 2 atom stereocenters. The number of ether oxygens (including phenoxy) is 1. The number of aromatic hydroxyl groups is 1. The Morgan fingerprint density at radius 1 is 0.972 bits per heavy atom. The van der Waals surface area contributed by atoms with E-state index in [4.69, 9.17) is 4.74 Å². The highest BCUT2D eigenvalue weighted by Crippen LogP contribution is 2.26. The van der Waals surface area contributed by atoms with Gasteiger partial charge >= 0.3 is 6.09 Å². The summed E-state index contributed by atoms with van der Waals surface area (Å²) in [5.41, 5.74) is 0.0111. The van der Waals surface area contributed by atoms with Gasteiger partial charge in [-0.05, 0) is 71.7 Å². The molecule has 8 nitrogen and oxygen atoms in total. The number of nitrogens with one attached hydrogen (secondary N) is 2. The fraction of sp³-hybridized carbons (Fsp3) is 0.464. The molecule has 8 heteroatoms. The highest BCUT2D eigenvalue weighted by Gasteiger charge is 2.36. The molecular weight excluding hydrogens is 458 g/mol. The van der Waals surface area contributed by atoms with Gasteiger partial charge in [0.2, 0.25) is 11.8 Å². The SMILES string of the molecule is CCN(C(=O)C(Cc1ccccc1)NC(=O)OC(C)(C)C)C(C(=O)NC(C)(C)C)c1cccc(O)c1. The first kappa shape index (κ1) is 28.7. The van der Waals surface area contributed by atoms with Gasteiger partial charge in [-0.1, -0.05) is 42.5 Å². The first-order chi connectivity index (χ1) is 16.7. The summed E-state index contributed by atoms with van der Waals surface area (Å²) in [5.74, 6) is -0.846. The van der Waals surface area contributed by atoms with Gasteiger partial charge in [0.25, 0.3) is 0 Å². The van der Waals surface area contributed by atoms with Gasteiger partial charge in [0, 0.05) is 18.5 Å². The molecule has 0 aliphatic carbocycles. The Morgan fingerprint density at radius 2 is 1.61 bits per heavy atom. The van der Waals surface area contributed by atoms with Crippen molar-refractivity contribution in [2.24, 2.45) is 0 Å². The van der Waals surface area contributed by atoms with Crippen LogP contribution in [-0.4, -0.2) is 51.6 Å². The minimum atomic E-state index is -1.02. The van der Waals surface area contributed by atoms with E-state index in [1.807, 2.05) is 51.1 Å². The van der Waals surface area contributed by atoms with Crippen LogP contribution in [0.15, 0.2) is 54.6 Å². The Morgan fingerprint density at radius 3 is 2.14 bits per heavy atom. The van der Waals surface area contributed by atoms with Crippen molar-refractivity contribution >= 4 is 17.9 Å². The Hall–Kier alpha value is -3.55. The van der Waals surface area contributed by atoms with Crippen LogP contribution in [0.5, 0.6) is 5.75 Å². The molecule has 0 heterocycles. The number of likely N-dealkylation sites (N-methyl/N-ethyl adjacent to an activating group) is 1. The standard InChI is InChI=1S/C28H39N3O5/c1-8-31(23(24(33)30-27(2,3)4)20-15-12-16-21(32)18-20)25(34)22(17-19-13-10-9-11-14-19)29-26(35)36-28(5,6)7/h9-16,18,22-23,32H,8,17H2,1-7H3,(H,29,35)(H,30,33). The maximum absolute atomic E-state index is 14.0. The van der Waals surface area contributed by atoms with Crippen LogP contribution in [0.1, 0.15) is 65.6 Å². The third-order valence-corrected chi connectivity index (χ3v) is 5.14. The van der Waals surface area contributed by atoms with Crippen LogP contribution >= 0.6 is 0 Å². The molecule has 36 heavy (non-hydrogen) atoms. The molecule has 196 valence electrons. The lowest BCUT2D eigenvalue weighted by Crippen LogP contribution is -2.55. The van der Waals surface area contributed by atoms with Crippen LogP contribution in [0.2, 0.25) is 0 Å². The Kier molecular flexibility index (Phi) is 9.50. The molecule has 3 N–H and O–H groups in total. The summed E-state index contributed by atoms with van der Waals surface area (Å²) in [5, 5.41) is 15.7. The van der Waals surface area contributed by atoms with E-state index in [1.54, 1.807) is 39.8 Å². The van der Waals surface area contributed by atoms with Crippen molar-refractivity contribution in [3.63, 3.8) is 0 Å². The van der Waals surface area contributed by atoms with E-state index in [2.05, 4.69) is 10.6 Å². The van der Waals surface area contributed by atoms with Crippen LogP contribution in [0.3, 0.4) is 0 Å². The number of carbonyl (C=O) groups excluding carboxylic acids is 3. The average Bonchev–Trinajstić information content (AvgIpc) is 2.74. The molecule has 0 aromatic heterocycles. The van der Waals surface area contributed by atoms with Crippen molar-refractivity contribution in [2.75, 3.05) is 6.54 Å². The molecule has 0 aliphatic rings. The second-order valence-corrected chi connectivity index (χ2v) is 10.7. The van der Waals surface area contributed by atoms with Crippen LogP contribution in [0.25, 0.3) is 0 Å². The van der Waals surface area contributed by atoms with Crippen LogP contribution in [0, 0.1) is 0 Å². The molecule has 2 aromatic carbocycles. The average molecular weight is 498 g/mol. The number of rotatable bonds is 8. The highest BCUT2D eigenvalue weighted by atomic mass is 16.6. The lowest BCUT2D eigenvalue weighted by atomic mass is 9.99. The van der Waals surface area contributed by atoms with E-state index in [9.17, 15) is 19.5 Å². The lowest BCUT2D eigenvalue weighted by Gasteiger charge is -2.35. The van der Waals surface area contributed by atoms with E-state index in [0.29, 0.717) is 5.56 Å². The van der Waals surface area contributed by atoms with E-state index >= 15 is 0 Å². The number of nitrogens with zero attached hydrogens (tertiary/aromatic N) is 1. The third kappa shape index (κ3) is 8.91. The van der Waals surface area contributed by atoms with Crippen LogP contribution in [-0.2, 0) is 20.7 Å². The predicted octanol–water partition coefficient (Wildman–Crippen LogP) is 4.33. The van der Waals surface area contributed by atoms with Crippen molar-refractivity contribution < 1.29 is 24.2 Å². The first-order valence-corrected chi connectivity index (χ1v) is 12.1. The first-order valence-electron chi connectivity index (χ1n) is 12.1. The molecular formula is C28H39N3O5. The second-order valence-electron chi connectivity index (χ2n) is 10.7. The minimum absolute atomic E-state index is 0.0164. The zero-order valence-corrected chi connectivity index (χ0v) is 22.3. The number of hydrogen-bond donors (Lipinski definition) is 3. The molecule has 0 fully saturated rings. The van der Waals surface area contributed by atoms with E-state index in [0.717, 1.165) is 5.56 Å². The van der Waals surface area contributed by atoms with E-state index in [-0.39, 0.29) is 24.6 Å². The van der Waals surface area contributed by atoms with Gasteiger partial charge < -0.3 is 25.4 Å². The van der Waals surface area contributed by atoms with Gasteiger partial charge in [0.15, 0.2) is 0 Å². The summed E-state index contributed by atoms with van der Waals surface area (Å²) in [4.78, 5) is 41.5. The molecule has 3 amide bonds. The van der Waals surface area contributed by atoms with Crippen molar-refractivity contribution in [2.45, 2.75) is 78.1 Å². The predicted molar refractivity (Wildman–Crippen MR) is 139 cm³/mol. The largest absolute Gasteiger partial charge is 0.508 e. The lowest BCUT2D eigenvalue weighted by molar-refractivity contribution is -0.142. The molecule has 0 saturated heterocycles. The number of amides is 3. The molecule has 2 unspecified atom stereocenters. The highest BCUT2D eigenvalue weighted by molar-refractivity contribution is 5.92. The van der Waals surface area contributed by atoms with Gasteiger partial charge in [-0.15, -0.1) is 0 Å². The molecule has 2 rings (SSSR count). The normalized spacial score (nSPS) is 13.3. The molecule has 0 saturated carbocycles. The Bertz CT molecular complexity index is 1040. The smallest absolute Gasteiger partial charge is 0.408 e. The maximum atomic E-state index is 14.0. The molecule has 2 aromatic rings. The molecule has 0 bridgehead atoms. The summed E-state index contributed by atoms with van der Waals surface area (Å²) < 4.78 is 5.41. The summed E-state index contributed by atoms with van der Waals surface area (Å²) >= 11 is 0. The fourth-order valence-corrected chi connectivity index (χ4v) is 3.77. The van der Waals surface area contributed by atoms with E-state index in [1.165, 1.54) is 17.0 Å². The second kappa shape index (κ2) is 11.9. The van der Waals surface area contributed by atoms with Crippen molar-refractivity contribution in [3.05, 3.63) is 65.7 Å². The van der Waals surface area contributed by atoms with Crippen LogP contribution < -0.4 is 10.6 Å². The Balaban J connectivity index is 2.48. The topological polar surface area (TPSA) is 108 Å². The zero-order chi connectivity index (χ0) is 27.1. The number of alkyl carbamates (subject to hydrolysis) is 1. The minimum Gasteiger partial charge on any atom is -0.508 e. The Labute approximate surface area is 214 Å². The van der Waals surface area contributed by atoms with Gasteiger partial charge in [-0.2, -0.15) is 0 Å². The zero-order valence-electron chi connectivity index (χ0n) is 22.3. The number of hydrogen-bond acceptors (Lipinski definition) is 5. The number of benzene rings is 2. The molecule has 0 aliphatic heterocycles. The maximum Gasteiger partial charge on any atom is 0.408 e. The quantitative estimate of drug-likeness (QED) is 0.503. The van der Waals surface area contributed by atoms with Gasteiger partial charge in [0.1, 0.15) is 23.4 Å². The summed E-state index contributed by atoms with van der Waals surface area (Å²) in [6.45, 7) is 12.7. The van der Waals surface area contributed by atoms with E-state index < -0.39 is 35.2 Å². The number of carbonyl (C=O) groups is 3. The number of phenols is 1. The monoisotopic (exact) mass is 497 g/mol. The number of phenolic OH excluding ortho intramolecular Hbond substituents is 1. The van der Waals surface area contributed by atoms with Gasteiger partial charge in [-0.3, -0.25) is 9.59 Å². The fourth-order valence-electron chi connectivity index (χ4n) is 3.77. The van der Waals surface area contributed by atoms with Gasteiger partial charge in [0.05, 0.1) is 0 Å².